The van der Waals surface area contributed by atoms with E-state index in [9.17, 15) is 14.0 Å². The zero-order valence-electron chi connectivity index (χ0n) is 21.0. The third-order valence-corrected chi connectivity index (χ3v) is 7.24. The molecule has 7 heteroatoms. The Labute approximate surface area is 221 Å². The molecule has 0 aliphatic rings. The molecule has 2 amide bonds. The van der Waals surface area contributed by atoms with E-state index in [1.54, 1.807) is 21.9 Å². The molecule has 0 unspecified atom stereocenters. The average molecular weight is 518 g/mol. The van der Waals surface area contributed by atoms with Gasteiger partial charge in [-0.1, -0.05) is 55.5 Å². The maximum atomic E-state index is 13.5. The summed E-state index contributed by atoms with van der Waals surface area (Å²) in [5.41, 5.74) is 3.04. The highest BCUT2D eigenvalue weighted by atomic mass is 32.2. The molecule has 0 saturated heterocycles. The Morgan fingerprint density at radius 2 is 1.59 bits per heavy atom. The number of hydrogen-bond donors (Lipinski definition) is 1. The maximum absolute atomic E-state index is 13.5. The molecular weight excluding hydrogens is 485 g/mol. The van der Waals surface area contributed by atoms with Gasteiger partial charge in [0, 0.05) is 41.6 Å². The maximum Gasteiger partial charge on any atom is 0.242 e. The highest BCUT2D eigenvalue weighted by Crippen LogP contribution is 2.20. The Bertz CT molecular complexity index is 1310. The van der Waals surface area contributed by atoms with Crippen molar-refractivity contribution in [2.45, 2.75) is 31.2 Å². The second-order valence-electron chi connectivity index (χ2n) is 8.97. The van der Waals surface area contributed by atoms with Crippen molar-refractivity contribution >= 4 is 34.5 Å². The molecule has 0 spiro atoms. The van der Waals surface area contributed by atoms with Crippen molar-refractivity contribution in [3.05, 3.63) is 102 Å². The molecule has 0 fully saturated rings. The summed E-state index contributed by atoms with van der Waals surface area (Å²) in [6.07, 6.45) is 3.42. The fraction of sp³-hybridized carbons (Fsp3) is 0.267. The van der Waals surface area contributed by atoms with Crippen LogP contribution >= 0.6 is 11.8 Å². The van der Waals surface area contributed by atoms with E-state index in [0.717, 1.165) is 33.3 Å². The van der Waals surface area contributed by atoms with Gasteiger partial charge < -0.3 is 14.8 Å². The molecule has 37 heavy (non-hydrogen) atoms. The van der Waals surface area contributed by atoms with Crippen LogP contribution in [-0.2, 0) is 22.6 Å². The number of aromatic amines is 1. The van der Waals surface area contributed by atoms with Gasteiger partial charge in [0.2, 0.25) is 11.8 Å². The van der Waals surface area contributed by atoms with E-state index < -0.39 is 0 Å². The number of rotatable bonds is 12. The number of benzene rings is 3. The van der Waals surface area contributed by atoms with E-state index in [1.807, 2.05) is 61.7 Å². The molecule has 0 saturated carbocycles. The summed E-state index contributed by atoms with van der Waals surface area (Å²) in [6, 6.07) is 24.1. The van der Waals surface area contributed by atoms with Gasteiger partial charge in [0.25, 0.3) is 0 Å². The predicted octanol–water partition coefficient (Wildman–Crippen LogP) is 5.91. The molecule has 1 aromatic heterocycles. The summed E-state index contributed by atoms with van der Waals surface area (Å²) in [5.74, 6) is -0.195. The molecule has 0 aliphatic carbocycles. The number of amides is 2. The van der Waals surface area contributed by atoms with E-state index in [2.05, 4.69) is 11.1 Å². The molecule has 0 atom stereocenters. The third kappa shape index (κ3) is 7.46. The molecular formula is C30H32FN3O2S. The van der Waals surface area contributed by atoms with Crippen LogP contribution in [0, 0.1) is 5.82 Å². The first-order valence-electron chi connectivity index (χ1n) is 12.6. The first-order chi connectivity index (χ1) is 18.0. The molecule has 0 bridgehead atoms. The van der Waals surface area contributed by atoms with E-state index in [0.29, 0.717) is 26.1 Å². The Balaban J connectivity index is 1.46. The zero-order chi connectivity index (χ0) is 26.0. The van der Waals surface area contributed by atoms with Gasteiger partial charge >= 0.3 is 0 Å². The smallest absolute Gasteiger partial charge is 0.242 e. The van der Waals surface area contributed by atoms with Gasteiger partial charge in [0.1, 0.15) is 5.82 Å². The van der Waals surface area contributed by atoms with Crippen molar-refractivity contribution in [3.8, 4) is 0 Å². The summed E-state index contributed by atoms with van der Waals surface area (Å²) in [6.45, 7) is 3.39. The van der Waals surface area contributed by atoms with Gasteiger partial charge in [-0.2, -0.15) is 0 Å². The number of halogens is 1. The van der Waals surface area contributed by atoms with Crippen molar-refractivity contribution in [2.24, 2.45) is 0 Å². The van der Waals surface area contributed by atoms with Crippen molar-refractivity contribution < 1.29 is 14.0 Å². The zero-order valence-corrected chi connectivity index (χ0v) is 21.8. The van der Waals surface area contributed by atoms with Crippen molar-refractivity contribution in [2.75, 3.05) is 25.4 Å². The van der Waals surface area contributed by atoms with Crippen LogP contribution in [0.1, 0.15) is 24.5 Å². The Hall–Kier alpha value is -3.58. The summed E-state index contributed by atoms with van der Waals surface area (Å²) in [7, 11) is 0. The topological polar surface area (TPSA) is 56.4 Å². The number of nitrogens with one attached hydrogen (secondary N) is 1. The third-order valence-electron chi connectivity index (χ3n) is 6.24. The lowest BCUT2D eigenvalue weighted by molar-refractivity contribution is -0.139. The number of carbonyl (C=O) groups is 2. The van der Waals surface area contributed by atoms with E-state index >= 15 is 0 Å². The summed E-state index contributed by atoms with van der Waals surface area (Å²) in [5, 5.41) is 1.14. The highest BCUT2D eigenvalue weighted by Gasteiger charge is 2.22. The van der Waals surface area contributed by atoms with Crippen LogP contribution in [0.15, 0.2) is 90.0 Å². The van der Waals surface area contributed by atoms with Crippen molar-refractivity contribution in [1.82, 2.24) is 14.8 Å². The minimum atomic E-state index is -0.309. The molecule has 0 radical (unpaired) electrons. The highest BCUT2D eigenvalue weighted by molar-refractivity contribution is 8.00. The van der Waals surface area contributed by atoms with Crippen LogP contribution in [0.25, 0.3) is 10.9 Å². The van der Waals surface area contributed by atoms with E-state index in [4.69, 9.17) is 0 Å². The van der Waals surface area contributed by atoms with Crippen LogP contribution in [0.4, 0.5) is 4.39 Å². The lowest BCUT2D eigenvalue weighted by atomic mass is 10.1. The number of nitrogens with zero attached hydrogens (tertiary/aromatic N) is 2. The first kappa shape index (κ1) is 26.5. The van der Waals surface area contributed by atoms with E-state index in [1.165, 1.54) is 23.9 Å². The Morgan fingerprint density at radius 1 is 0.865 bits per heavy atom. The molecule has 0 aliphatic heterocycles. The molecule has 1 N–H and O–H groups in total. The molecule has 3 aromatic carbocycles. The van der Waals surface area contributed by atoms with Crippen LogP contribution in [-0.4, -0.2) is 52.0 Å². The van der Waals surface area contributed by atoms with Crippen molar-refractivity contribution in [1.29, 1.82) is 0 Å². The summed E-state index contributed by atoms with van der Waals surface area (Å²) in [4.78, 5) is 34.3. The minimum Gasteiger partial charge on any atom is -0.361 e. The largest absolute Gasteiger partial charge is 0.361 e. The number of hydrogen-bond acceptors (Lipinski definition) is 3. The van der Waals surface area contributed by atoms with Crippen LogP contribution in [0.2, 0.25) is 0 Å². The summed E-state index contributed by atoms with van der Waals surface area (Å²) < 4.78 is 13.5. The standard InChI is InChI=1S/C30H32FN3O2S/c1-2-17-33(30(36)22-37-26-8-4-3-5-9-26)21-29(35)34(20-23-12-14-25(31)15-13-23)18-16-24-19-32-28-11-7-6-10-27(24)28/h3-15,19,32H,2,16-18,20-22H2,1H3. The lowest BCUT2D eigenvalue weighted by Crippen LogP contribution is -2.44. The number of H-pyrrole nitrogens is 1. The molecule has 4 aromatic rings. The van der Waals surface area contributed by atoms with Gasteiger partial charge in [-0.05, 0) is 54.3 Å². The van der Waals surface area contributed by atoms with Crippen molar-refractivity contribution in [3.63, 3.8) is 0 Å². The van der Waals surface area contributed by atoms with Crippen LogP contribution < -0.4 is 0 Å². The number of thioether (sulfide) groups is 1. The number of fused-ring (bicyclic) bond motifs is 1. The van der Waals surface area contributed by atoms with Gasteiger partial charge in [0.15, 0.2) is 0 Å². The fourth-order valence-electron chi connectivity index (χ4n) is 4.27. The quantitative estimate of drug-likeness (QED) is 0.238. The second kappa shape index (κ2) is 13.1. The lowest BCUT2D eigenvalue weighted by Gasteiger charge is -2.28. The SMILES string of the molecule is CCCN(CC(=O)N(CCc1c[nH]c2ccccc12)Cc1ccc(F)cc1)C(=O)CSc1ccccc1. The first-order valence-corrected chi connectivity index (χ1v) is 13.5. The Morgan fingerprint density at radius 3 is 2.35 bits per heavy atom. The van der Waals surface area contributed by atoms with Crippen LogP contribution in [0.3, 0.4) is 0 Å². The molecule has 5 nitrogen and oxygen atoms in total. The number of carbonyl (C=O) groups excluding carboxylic acids is 2. The minimum absolute atomic E-state index is 0.0249. The normalized spacial score (nSPS) is 11.0. The monoisotopic (exact) mass is 517 g/mol. The molecule has 192 valence electrons. The van der Waals surface area contributed by atoms with Gasteiger partial charge in [0.05, 0.1) is 12.3 Å². The van der Waals surface area contributed by atoms with Gasteiger partial charge in [-0.15, -0.1) is 11.8 Å². The van der Waals surface area contributed by atoms with Gasteiger partial charge in [-0.25, -0.2) is 4.39 Å². The summed E-state index contributed by atoms with van der Waals surface area (Å²) >= 11 is 1.48. The number of para-hydroxylation sites is 1. The fourth-order valence-corrected chi connectivity index (χ4v) is 5.10. The van der Waals surface area contributed by atoms with E-state index in [-0.39, 0.29) is 29.9 Å². The van der Waals surface area contributed by atoms with Crippen LogP contribution in [0.5, 0.6) is 0 Å². The number of aromatic nitrogens is 1. The molecule has 1 heterocycles. The second-order valence-corrected chi connectivity index (χ2v) is 10.0. The Kier molecular flexibility index (Phi) is 9.38. The molecule has 4 rings (SSSR count). The predicted molar refractivity (Wildman–Crippen MR) is 148 cm³/mol. The average Bonchev–Trinajstić information content (AvgIpc) is 3.34. The van der Waals surface area contributed by atoms with Gasteiger partial charge in [-0.3, -0.25) is 9.59 Å².